The minimum Gasteiger partial charge on any atom is -0.394 e. The molecule has 3 rings (SSSR count). The van der Waals surface area contributed by atoms with Crippen molar-refractivity contribution in [1.29, 1.82) is 0 Å². The van der Waals surface area contributed by atoms with Gasteiger partial charge in [-0.25, -0.2) is 0 Å². The van der Waals surface area contributed by atoms with E-state index in [1.54, 1.807) is 0 Å². The predicted molar refractivity (Wildman–Crippen MR) is 88.1 cm³/mol. The smallest absolute Gasteiger partial charge is 0.243 e. The van der Waals surface area contributed by atoms with Crippen molar-refractivity contribution in [1.82, 2.24) is 10.2 Å². The van der Waals surface area contributed by atoms with Crippen LogP contribution in [0.4, 0.5) is 0 Å². The molecule has 0 bridgehead atoms. The van der Waals surface area contributed by atoms with Crippen LogP contribution in [-0.2, 0) is 33.8 Å². The number of hydrogen-bond acceptors (Lipinski definition) is 5. The van der Waals surface area contributed by atoms with Crippen LogP contribution in [0.1, 0.15) is 36.0 Å². The second kappa shape index (κ2) is 7.88. The first-order valence-corrected chi connectivity index (χ1v) is 8.55. The number of rotatable bonds is 7. The Kier molecular flexibility index (Phi) is 5.60. The number of benzene rings is 1. The molecule has 2 amide bonds. The number of aliphatic hydroxyl groups excluding tert-OH is 1. The summed E-state index contributed by atoms with van der Waals surface area (Å²) in [6.07, 6.45) is 2.86. The van der Waals surface area contributed by atoms with Crippen molar-refractivity contribution in [2.75, 3.05) is 19.8 Å². The number of carbonyl (C=O) groups is 2. The molecule has 2 aliphatic rings. The lowest BCUT2D eigenvalue weighted by atomic mass is 10.00. The number of nitrogens with one attached hydrogen (secondary N) is 1. The molecule has 0 spiro atoms. The molecule has 24 heavy (non-hydrogen) atoms. The second-order valence-electron chi connectivity index (χ2n) is 6.37. The highest BCUT2D eigenvalue weighted by atomic mass is 16.5. The molecule has 1 unspecified atom stereocenters. The summed E-state index contributed by atoms with van der Waals surface area (Å²) in [7, 11) is 0. The van der Waals surface area contributed by atoms with Crippen LogP contribution in [0.2, 0.25) is 0 Å². The van der Waals surface area contributed by atoms with Crippen LogP contribution in [-0.4, -0.2) is 47.7 Å². The fourth-order valence-corrected chi connectivity index (χ4v) is 3.53. The zero-order valence-corrected chi connectivity index (χ0v) is 13.8. The number of aryl methyl sites for hydroxylation is 1. The molecule has 0 aliphatic carbocycles. The van der Waals surface area contributed by atoms with Crippen molar-refractivity contribution in [3.8, 4) is 0 Å². The van der Waals surface area contributed by atoms with Gasteiger partial charge >= 0.3 is 0 Å². The van der Waals surface area contributed by atoms with Gasteiger partial charge in [-0.15, -0.1) is 0 Å². The fourth-order valence-electron chi connectivity index (χ4n) is 3.53. The third-order valence-corrected chi connectivity index (χ3v) is 4.73. The summed E-state index contributed by atoms with van der Waals surface area (Å²) in [5, 5.41) is 11.2. The molecule has 0 aromatic heterocycles. The van der Waals surface area contributed by atoms with Gasteiger partial charge in [0.05, 0.1) is 19.3 Å². The van der Waals surface area contributed by atoms with E-state index >= 15 is 0 Å². The Morgan fingerprint density at radius 3 is 2.92 bits per heavy atom. The van der Waals surface area contributed by atoms with Gasteiger partial charge in [0, 0.05) is 26.1 Å². The molecule has 130 valence electrons. The number of imide groups is 1. The maximum absolute atomic E-state index is 12.1. The summed E-state index contributed by atoms with van der Waals surface area (Å²) in [5.74, 6) is -0.338. The minimum atomic E-state index is -0.212. The number of piperidine rings is 1. The Morgan fingerprint density at radius 2 is 2.12 bits per heavy atom. The van der Waals surface area contributed by atoms with E-state index in [9.17, 15) is 9.59 Å². The topological polar surface area (TPSA) is 78.9 Å². The van der Waals surface area contributed by atoms with E-state index in [4.69, 9.17) is 9.84 Å². The van der Waals surface area contributed by atoms with Gasteiger partial charge in [0.15, 0.2) is 0 Å². The van der Waals surface area contributed by atoms with Crippen molar-refractivity contribution in [3.63, 3.8) is 0 Å². The third kappa shape index (κ3) is 3.83. The zero-order chi connectivity index (χ0) is 16.9. The predicted octanol–water partition coefficient (Wildman–Crippen LogP) is 0.749. The number of nitrogens with zero attached hydrogens (tertiary/aromatic N) is 1. The third-order valence-electron chi connectivity index (χ3n) is 4.73. The van der Waals surface area contributed by atoms with Crippen LogP contribution in [0.3, 0.4) is 0 Å². The molecule has 2 heterocycles. The lowest BCUT2D eigenvalue weighted by molar-refractivity contribution is -0.137. The molecule has 1 aromatic rings. The number of fused-ring (bicyclic) bond motifs is 1. The summed E-state index contributed by atoms with van der Waals surface area (Å²) >= 11 is 0. The van der Waals surface area contributed by atoms with Crippen molar-refractivity contribution in [2.45, 2.75) is 44.8 Å². The van der Waals surface area contributed by atoms with Gasteiger partial charge in [0.2, 0.25) is 11.8 Å². The number of amides is 2. The Hall–Kier alpha value is -1.76. The first-order chi connectivity index (χ1) is 11.7. The van der Waals surface area contributed by atoms with Gasteiger partial charge in [-0.1, -0.05) is 18.2 Å². The molecular formula is C18H24N2O4. The number of ether oxygens (including phenoxy) is 1. The molecule has 1 aromatic carbocycles. The van der Waals surface area contributed by atoms with Gasteiger partial charge in [-0.3, -0.25) is 19.8 Å². The first kappa shape index (κ1) is 17.1. The van der Waals surface area contributed by atoms with Crippen molar-refractivity contribution in [2.24, 2.45) is 0 Å². The molecular weight excluding hydrogens is 308 g/mol. The summed E-state index contributed by atoms with van der Waals surface area (Å²) in [6.45, 7) is 2.60. The molecule has 6 nitrogen and oxygen atoms in total. The van der Waals surface area contributed by atoms with Gasteiger partial charge < -0.3 is 9.84 Å². The van der Waals surface area contributed by atoms with Crippen LogP contribution in [0, 0.1) is 0 Å². The maximum atomic E-state index is 12.1. The van der Waals surface area contributed by atoms with Crippen molar-refractivity contribution < 1.29 is 19.4 Å². The molecule has 1 atom stereocenters. The SMILES string of the molecule is O=C1CCC(N2Cc3cccc(CCCOCCO)c3C2)C(=O)N1. The molecule has 0 radical (unpaired) electrons. The van der Waals surface area contributed by atoms with E-state index < -0.39 is 0 Å². The number of aliphatic hydroxyl groups is 1. The number of hydrogen-bond donors (Lipinski definition) is 2. The van der Waals surface area contributed by atoms with E-state index in [1.807, 2.05) is 0 Å². The lowest BCUT2D eigenvalue weighted by Gasteiger charge is -2.29. The molecule has 2 aliphatic heterocycles. The minimum absolute atomic E-state index is 0.0572. The van der Waals surface area contributed by atoms with Gasteiger partial charge in [-0.2, -0.15) is 0 Å². The van der Waals surface area contributed by atoms with Gasteiger partial charge in [0.25, 0.3) is 0 Å². The summed E-state index contributed by atoms with van der Waals surface area (Å²) in [4.78, 5) is 25.6. The summed E-state index contributed by atoms with van der Waals surface area (Å²) in [6, 6.07) is 6.11. The average molecular weight is 332 g/mol. The highest BCUT2D eigenvalue weighted by Crippen LogP contribution is 2.30. The first-order valence-electron chi connectivity index (χ1n) is 8.55. The molecule has 0 saturated carbocycles. The van der Waals surface area contributed by atoms with Crippen LogP contribution in [0.25, 0.3) is 0 Å². The highest BCUT2D eigenvalue weighted by molar-refractivity contribution is 6.00. The second-order valence-corrected chi connectivity index (χ2v) is 6.37. The largest absolute Gasteiger partial charge is 0.394 e. The standard InChI is InChI=1S/C18H24N2O4/c21-8-10-24-9-2-5-13-3-1-4-14-11-20(12-15(13)14)16-6-7-17(22)19-18(16)23/h1,3-4,16,21H,2,5-12H2,(H,19,22,23). The van der Waals surface area contributed by atoms with Crippen LogP contribution < -0.4 is 5.32 Å². The van der Waals surface area contributed by atoms with Crippen LogP contribution >= 0.6 is 0 Å². The maximum Gasteiger partial charge on any atom is 0.243 e. The van der Waals surface area contributed by atoms with E-state index in [0.717, 1.165) is 25.9 Å². The van der Waals surface area contributed by atoms with Crippen molar-refractivity contribution >= 4 is 11.8 Å². The van der Waals surface area contributed by atoms with E-state index in [-0.39, 0.29) is 24.5 Å². The lowest BCUT2D eigenvalue weighted by Crippen LogP contribution is -2.50. The van der Waals surface area contributed by atoms with E-state index in [2.05, 4.69) is 28.4 Å². The van der Waals surface area contributed by atoms with Crippen molar-refractivity contribution in [3.05, 3.63) is 34.9 Å². The summed E-state index contributed by atoms with van der Waals surface area (Å²) in [5.41, 5.74) is 3.88. The fraction of sp³-hybridized carbons (Fsp3) is 0.556. The van der Waals surface area contributed by atoms with Crippen LogP contribution in [0.15, 0.2) is 18.2 Å². The van der Waals surface area contributed by atoms with E-state index in [1.165, 1.54) is 16.7 Å². The molecule has 1 fully saturated rings. The van der Waals surface area contributed by atoms with Crippen LogP contribution in [0.5, 0.6) is 0 Å². The van der Waals surface area contributed by atoms with Gasteiger partial charge in [0.1, 0.15) is 0 Å². The highest BCUT2D eigenvalue weighted by Gasteiger charge is 2.35. The molecule has 6 heteroatoms. The Bertz CT molecular complexity index is 617. The zero-order valence-electron chi connectivity index (χ0n) is 13.8. The molecule has 1 saturated heterocycles. The Balaban J connectivity index is 1.61. The Labute approximate surface area is 141 Å². The van der Waals surface area contributed by atoms with E-state index in [0.29, 0.717) is 26.1 Å². The monoisotopic (exact) mass is 332 g/mol. The van der Waals surface area contributed by atoms with Gasteiger partial charge in [-0.05, 0) is 36.0 Å². The normalized spacial score (nSPS) is 21.0. The molecule has 2 N–H and O–H groups in total. The number of carbonyl (C=O) groups excluding carboxylic acids is 2. The Morgan fingerprint density at radius 1 is 1.25 bits per heavy atom. The average Bonchev–Trinajstić information content (AvgIpc) is 2.99. The quantitative estimate of drug-likeness (QED) is 0.569. The summed E-state index contributed by atoms with van der Waals surface area (Å²) < 4.78 is 5.32.